The zero-order valence-corrected chi connectivity index (χ0v) is 15.5. The fraction of sp³-hybridized carbons (Fsp3) is 0.273. The van der Waals surface area contributed by atoms with Crippen LogP contribution in [0, 0.1) is 0 Å². The highest BCUT2D eigenvalue weighted by Crippen LogP contribution is 2.28. The average Bonchev–Trinajstić information content (AvgIpc) is 3.16. The van der Waals surface area contributed by atoms with Crippen molar-refractivity contribution < 1.29 is 4.79 Å². The molecule has 1 aromatic carbocycles. The Balaban J connectivity index is 1.37. The van der Waals surface area contributed by atoms with Crippen molar-refractivity contribution in [2.75, 3.05) is 13.1 Å². The van der Waals surface area contributed by atoms with Crippen LogP contribution < -0.4 is 5.32 Å². The minimum atomic E-state index is -0.00883. The number of hydrogen-bond donors (Lipinski definition) is 2. The van der Waals surface area contributed by atoms with E-state index in [4.69, 9.17) is 0 Å². The molecule has 27 heavy (non-hydrogen) atoms. The van der Waals surface area contributed by atoms with Crippen LogP contribution in [0.5, 0.6) is 0 Å². The third-order valence-corrected chi connectivity index (χ3v) is 5.17. The zero-order chi connectivity index (χ0) is 18.6. The van der Waals surface area contributed by atoms with Gasteiger partial charge in [0.05, 0.1) is 0 Å². The molecule has 0 saturated heterocycles. The Kier molecular flexibility index (Phi) is 4.92. The van der Waals surface area contributed by atoms with E-state index < -0.39 is 0 Å². The molecule has 0 saturated carbocycles. The molecular formula is C22H24N4O. The van der Waals surface area contributed by atoms with Crippen LogP contribution in [0.25, 0.3) is 16.6 Å². The topological polar surface area (TPSA) is 61.0 Å². The fourth-order valence-electron chi connectivity index (χ4n) is 3.50. The minimum Gasteiger partial charge on any atom is -0.346 e. The van der Waals surface area contributed by atoms with E-state index in [1.54, 1.807) is 6.20 Å². The smallest absolute Gasteiger partial charge is 0.317 e. The molecule has 0 bridgehead atoms. The number of nitrogens with one attached hydrogen (secondary N) is 2. The van der Waals surface area contributed by atoms with E-state index in [1.165, 1.54) is 16.7 Å². The Bertz CT molecular complexity index is 971. The molecule has 2 aromatic heterocycles. The van der Waals surface area contributed by atoms with Crippen molar-refractivity contribution in [2.45, 2.75) is 26.3 Å². The van der Waals surface area contributed by atoms with Crippen molar-refractivity contribution in [3.63, 3.8) is 0 Å². The molecule has 0 fully saturated rings. The van der Waals surface area contributed by atoms with Crippen molar-refractivity contribution in [1.29, 1.82) is 0 Å². The molecule has 5 heteroatoms. The maximum absolute atomic E-state index is 12.5. The van der Waals surface area contributed by atoms with E-state index >= 15 is 0 Å². The molecule has 0 unspecified atom stereocenters. The Morgan fingerprint density at radius 1 is 1.22 bits per heavy atom. The van der Waals surface area contributed by atoms with E-state index in [0.717, 1.165) is 36.0 Å². The van der Waals surface area contributed by atoms with Crippen molar-refractivity contribution in [2.24, 2.45) is 0 Å². The summed E-state index contributed by atoms with van der Waals surface area (Å²) in [7, 11) is 0. The maximum Gasteiger partial charge on any atom is 0.317 e. The highest BCUT2D eigenvalue weighted by Gasteiger charge is 2.19. The Labute approximate surface area is 159 Å². The first kappa shape index (κ1) is 17.3. The summed E-state index contributed by atoms with van der Waals surface area (Å²) in [6.45, 7) is 4.05. The number of carbonyl (C=O) groups excluding carboxylic acids is 1. The van der Waals surface area contributed by atoms with E-state index in [-0.39, 0.29) is 6.03 Å². The predicted octanol–water partition coefficient (Wildman–Crippen LogP) is 4.12. The summed E-state index contributed by atoms with van der Waals surface area (Å²) in [5.74, 6) is 0. The van der Waals surface area contributed by atoms with Gasteiger partial charge in [-0.2, -0.15) is 0 Å². The number of hydrogen-bond acceptors (Lipinski definition) is 2. The molecule has 2 N–H and O–H groups in total. The van der Waals surface area contributed by atoms with Crippen LogP contribution in [-0.2, 0) is 13.0 Å². The number of benzene rings is 1. The summed E-state index contributed by atoms with van der Waals surface area (Å²) >= 11 is 0. The van der Waals surface area contributed by atoms with Gasteiger partial charge in [-0.15, -0.1) is 0 Å². The molecule has 5 nitrogen and oxygen atoms in total. The molecule has 0 aliphatic carbocycles. The van der Waals surface area contributed by atoms with Gasteiger partial charge < -0.3 is 15.2 Å². The third-order valence-electron chi connectivity index (χ3n) is 5.17. The lowest BCUT2D eigenvalue weighted by Crippen LogP contribution is -2.41. The number of aromatic nitrogens is 2. The maximum atomic E-state index is 12.5. The largest absolute Gasteiger partial charge is 0.346 e. The molecule has 1 aliphatic heterocycles. The van der Waals surface area contributed by atoms with Gasteiger partial charge in [-0.1, -0.05) is 37.3 Å². The molecular weight excluding hydrogens is 336 g/mol. The second-order valence-corrected chi connectivity index (χ2v) is 6.86. The molecule has 0 spiro atoms. The van der Waals surface area contributed by atoms with Crippen LogP contribution in [0.2, 0.25) is 0 Å². The Hall–Kier alpha value is -3.08. The minimum absolute atomic E-state index is 0.00883. The van der Waals surface area contributed by atoms with Crippen LogP contribution in [-0.4, -0.2) is 34.0 Å². The van der Waals surface area contributed by atoms with E-state index in [1.807, 2.05) is 17.2 Å². The fourth-order valence-corrected chi connectivity index (χ4v) is 3.50. The summed E-state index contributed by atoms with van der Waals surface area (Å²) in [4.78, 5) is 21.9. The first-order valence-corrected chi connectivity index (χ1v) is 9.46. The summed E-state index contributed by atoms with van der Waals surface area (Å²) in [5, 5.41) is 4.16. The highest BCUT2D eigenvalue weighted by atomic mass is 16.2. The van der Waals surface area contributed by atoms with Crippen LogP contribution in [0.4, 0.5) is 4.79 Å². The van der Waals surface area contributed by atoms with E-state index in [0.29, 0.717) is 13.1 Å². The van der Waals surface area contributed by atoms with E-state index in [2.05, 4.69) is 58.6 Å². The number of H-pyrrole nitrogens is 1. The van der Waals surface area contributed by atoms with Gasteiger partial charge in [-0.25, -0.2) is 9.78 Å². The lowest BCUT2D eigenvalue weighted by atomic mass is 10.00. The van der Waals surface area contributed by atoms with Crippen molar-refractivity contribution in [3.8, 4) is 0 Å². The van der Waals surface area contributed by atoms with Crippen LogP contribution in [0.15, 0.2) is 54.9 Å². The van der Waals surface area contributed by atoms with Crippen LogP contribution in [0.3, 0.4) is 0 Å². The number of rotatable bonds is 4. The lowest BCUT2D eigenvalue weighted by Gasteiger charge is -2.26. The van der Waals surface area contributed by atoms with Crippen LogP contribution in [0.1, 0.15) is 30.0 Å². The first-order valence-electron chi connectivity index (χ1n) is 9.46. The number of aromatic amines is 1. The summed E-state index contributed by atoms with van der Waals surface area (Å²) in [6.07, 6.45) is 7.83. The third kappa shape index (κ3) is 3.72. The number of nitrogens with zero attached hydrogens (tertiary/aromatic N) is 2. The number of amides is 2. The second kappa shape index (κ2) is 7.66. The molecule has 2 amide bonds. The standard InChI is InChI=1S/C22H24N4O/c1-2-16-5-7-17(8-6-16)14-25-22(27)26-12-9-18(10-13-26)20-15-24-21-19(20)4-3-11-23-21/h3-9,11,15H,2,10,12-14H2,1H3,(H,23,24)(H,25,27). The molecule has 1 aliphatic rings. The lowest BCUT2D eigenvalue weighted by molar-refractivity contribution is 0.202. The summed E-state index contributed by atoms with van der Waals surface area (Å²) in [6, 6.07) is 12.4. The SMILES string of the molecule is CCc1ccc(CNC(=O)N2CC=C(c3c[nH]c4ncccc34)CC2)cc1. The van der Waals surface area contributed by atoms with Gasteiger partial charge in [0.25, 0.3) is 0 Å². The van der Waals surface area contributed by atoms with Gasteiger partial charge in [-0.3, -0.25) is 0 Å². The number of pyridine rings is 1. The van der Waals surface area contributed by atoms with Crippen molar-refractivity contribution >= 4 is 22.6 Å². The Morgan fingerprint density at radius 3 is 2.78 bits per heavy atom. The number of aryl methyl sites for hydroxylation is 1. The molecule has 0 atom stereocenters. The zero-order valence-electron chi connectivity index (χ0n) is 15.5. The van der Waals surface area contributed by atoms with Gasteiger partial charge >= 0.3 is 6.03 Å². The number of fused-ring (bicyclic) bond motifs is 1. The van der Waals surface area contributed by atoms with Crippen molar-refractivity contribution in [1.82, 2.24) is 20.2 Å². The molecule has 3 heterocycles. The molecule has 4 rings (SSSR count). The summed E-state index contributed by atoms with van der Waals surface area (Å²) < 4.78 is 0. The number of carbonyl (C=O) groups is 1. The van der Waals surface area contributed by atoms with Gasteiger partial charge in [0.15, 0.2) is 0 Å². The predicted molar refractivity (Wildman–Crippen MR) is 108 cm³/mol. The average molecular weight is 360 g/mol. The monoisotopic (exact) mass is 360 g/mol. The molecule has 3 aromatic rings. The molecule has 0 radical (unpaired) electrons. The quantitative estimate of drug-likeness (QED) is 0.735. The summed E-state index contributed by atoms with van der Waals surface area (Å²) in [5.41, 5.74) is 5.80. The molecule has 138 valence electrons. The first-order chi connectivity index (χ1) is 13.2. The Morgan fingerprint density at radius 2 is 2.04 bits per heavy atom. The second-order valence-electron chi connectivity index (χ2n) is 6.86. The van der Waals surface area contributed by atoms with Crippen molar-refractivity contribution in [3.05, 3.63) is 71.6 Å². The number of urea groups is 1. The van der Waals surface area contributed by atoms with Gasteiger partial charge in [0.1, 0.15) is 5.65 Å². The highest BCUT2D eigenvalue weighted by molar-refractivity contribution is 5.91. The van der Waals surface area contributed by atoms with Gasteiger partial charge in [-0.05, 0) is 41.7 Å². The van der Waals surface area contributed by atoms with Gasteiger partial charge in [0.2, 0.25) is 0 Å². The van der Waals surface area contributed by atoms with E-state index in [9.17, 15) is 4.79 Å². The normalized spacial score (nSPS) is 14.3. The van der Waals surface area contributed by atoms with Gasteiger partial charge in [0, 0.05) is 43.0 Å². The van der Waals surface area contributed by atoms with Crippen LogP contribution >= 0.6 is 0 Å².